The van der Waals surface area contributed by atoms with Crippen LogP contribution in [0.3, 0.4) is 0 Å². The van der Waals surface area contributed by atoms with Gasteiger partial charge in [-0.3, -0.25) is 0 Å². The molecule has 0 amide bonds. The summed E-state index contributed by atoms with van der Waals surface area (Å²) in [6.45, 7) is 4.80. The molecule has 13 heavy (non-hydrogen) atoms. The largest absolute Gasteiger partial charge is 0.392 e. The number of rotatable bonds is 5. The highest BCUT2D eigenvalue weighted by Gasteiger charge is 2.23. The summed E-state index contributed by atoms with van der Waals surface area (Å²) in [4.78, 5) is 0. The highest BCUT2D eigenvalue weighted by Crippen LogP contribution is 2.29. The van der Waals surface area contributed by atoms with Crippen LogP contribution in [-0.4, -0.2) is 34.8 Å². The summed E-state index contributed by atoms with van der Waals surface area (Å²) in [6.07, 6.45) is 3.70. The molecule has 1 saturated carbocycles. The molecule has 2 N–H and O–H groups in total. The van der Waals surface area contributed by atoms with E-state index < -0.39 is 0 Å². The molecule has 0 radical (unpaired) electrons. The van der Waals surface area contributed by atoms with Crippen LogP contribution in [0.5, 0.6) is 0 Å². The fourth-order valence-electron chi connectivity index (χ4n) is 1.85. The fraction of sp³-hybridized carbons (Fsp3) is 1.00. The Hall–Kier alpha value is 0.270. The van der Waals surface area contributed by atoms with E-state index in [1.54, 1.807) is 0 Å². The van der Waals surface area contributed by atoms with Gasteiger partial charge in [0.25, 0.3) is 0 Å². The zero-order chi connectivity index (χ0) is 9.68. The van der Waals surface area contributed by atoms with Crippen LogP contribution in [0.25, 0.3) is 0 Å². The molecule has 0 aromatic rings. The molecule has 0 aromatic carbocycles. The monoisotopic (exact) mass is 203 g/mol. The number of aliphatic hydroxyl groups is 1. The Morgan fingerprint density at radius 2 is 2.31 bits per heavy atom. The second-order valence-corrected chi connectivity index (χ2v) is 5.42. The third-order valence-corrected chi connectivity index (χ3v) is 3.72. The van der Waals surface area contributed by atoms with E-state index in [9.17, 15) is 0 Å². The molecule has 2 nitrogen and oxygen atoms in total. The van der Waals surface area contributed by atoms with Crippen LogP contribution in [0.15, 0.2) is 0 Å². The number of thioether (sulfide) groups is 1. The van der Waals surface area contributed by atoms with Gasteiger partial charge in [-0.15, -0.1) is 0 Å². The maximum absolute atomic E-state index is 9.11. The molecule has 0 spiro atoms. The quantitative estimate of drug-likeness (QED) is 0.712. The molecular formula is C10H21NOS. The Morgan fingerprint density at radius 3 is 2.92 bits per heavy atom. The lowest BCUT2D eigenvalue weighted by atomic mass is 10.2. The van der Waals surface area contributed by atoms with E-state index in [4.69, 9.17) is 5.11 Å². The second kappa shape index (κ2) is 5.89. The van der Waals surface area contributed by atoms with Crippen molar-refractivity contribution in [3.05, 3.63) is 0 Å². The van der Waals surface area contributed by atoms with Crippen LogP contribution in [0.1, 0.15) is 33.1 Å². The first-order valence-corrected chi connectivity index (χ1v) is 6.30. The van der Waals surface area contributed by atoms with E-state index >= 15 is 0 Å². The lowest BCUT2D eigenvalue weighted by Gasteiger charge is -2.14. The van der Waals surface area contributed by atoms with Crippen molar-refractivity contribution < 1.29 is 5.11 Å². The van der Waals surface area contributed by atoms with Gasteiger partial charge in [0.2, 0.25) is 0 Å². The summed E-state index contributed by atoms with van der Waals surface area (Å²) in [5.41, 5.74) is 0. The van der Waals surface area contributed by atoms with Crippen LogP contribution in [0, 0.1) is 0 Å². The number of hydrogen-bond acceptors (Lipinski definition) is 3. The van der Waals surface area contributed by atoms with Gasteiger partial charge in [0.15, 0.2) is 0 Å². The maximum Gasteiger partial charge on any atom is 0.0636 e. The van der Waals surface area contributed by atoms with Crippen LogP contribution in [0.2, 0.25) is 0 Å². The minimum atomic E-state index is -0.210. The number of nitrogens with one attached hydrogen (secondary N) is 1. The molecule has 0 aliphatic heterocycles. The Bertz CT molecular complexity index is 141. The molecule has 1 aliphatic rings. The summed E-state index contributed by atoms with van der Waals surface area (Å²) in [7, 11) is 0. The first-order valence-electron chi connectivity index (χ1n) is 5.25. The zero-order valence-corrected chi connectivity index (χ0v) is 9.44. The lowest BCUT2D eigenvalue weighted by Crippen LogP contribution is -2.32. The van der Waals surface area contributed by atoms with Crippen LogP contribution >= 0.6 is 11.8 Å². The predicted octanol–water partition coefficient (Wildman–Crippen LogP) is 1.63. The van der Waals surface area contributed by atoms with E-state index in [1.807, 2.05) is 6.92 Å². The van der Waals surface area contributed by atoms with Gasteiger partial charge in [-0.1, -0.05) is 6.92 Å². The topological polar surface area (TPSA) is 32.3 Å². The molecule has 0 bridgehead atoms. The molecule has 1 aliphatic carbocycles. The van der Waals surface area contributed by atoms with Gasteiger partial charge >= 0.3 is 0 Å². The van der Waals surface area contributed by atoms with Gasteiger partial charge in [-0.2, -0.15) is 11.8 Å². The second-order valence-electron chi connectivity index (χ2n) is 3.84. The zero-order valence-electron chi connectivity index (χ0n) is 8.62. The van der Waals surface area contributed by atoms with Crippen LogP contribution in [0.4, 0.5) is 0 Å². The van der Waals surface area contributed by atoms with Crippen molar-refractivity contribution in [1.29, 1.82) is 0 Å². The van der Waals surface area contributed by atoms with E-state index in [-0.39, 0.29) is 6.10 Å². The highest BCUT2D eigenvalue weighted by molar-refractivity contribution is 7.99. The molecule has 3 heteroatoms. The standard InChI is InChI=1S/C10H21NOS/c1-3-13-10-5-4-9(6-10)11-7-8(2)12/h8-12H,3-7H2,1-2H3. The van der Waals surface area contributed by atoms with E-state index in [2.05, 4.69) is 24.0 Å². The molecule has 1 fully saturated rings. The molecule has 1 rings (SSSR count). The number of hydrogen-bond donors (Lipinski definition) is 2. The molecule has 0 heterocycles. The number of aliphatic hydroxyl groups excluding tert-OH is 1. The first kappa shape index (κ1) is 11.3. The Labute approximate surface area is 85.5 Å². The van der Waals surface area contributed by atoms with Gasteiger partial charge in [0.1, 0.15) is 0 Å². The normalized spacial score (nSPS) is 30.7. The molecule has 0 saturated heterocycles. The Kier molecular flexibility index (Phi) is 5.14. The molecule has 0 aromatic heterocycles. The summed E-state index contributed by atoms with van der Waals surface area (Å²) in [5, 5.41) is 13.4. The Morgan fingerprint density at radius 1 is 1.54 bits per heavy atom. The van der Waals surface area contributed by atoms with Gasteiger partial charge in [0, 0.05) is 17.8 Å². The lowest BCUT2D eigenvalue weighted by molar-refractivity contribution is 0.186. The van der Waals surface area contributed by atoms with Crippen molar-refractivity contribution in [3.63, 3.8) is 0 Å². The van der Waals surface area contributed by atoms with Crippen molar-refractivity contribution in [2.45, 2.75) is 50.5 Å². The fourth-order valence-corrected chi connectivity index (χ4v) is 2.99. The summed E-state index contributed by atoms with van der Waals surface area (Å²) in [6, 6.07) is 0.652. The average molecular weight is 203 g/mol. The molecular weight excluding hydrogens is 182 g/mol. The van der Waals surface area contributed by atoms with E-state index in [1.165, 1.54) is 25.0 Å². The summed E-state index contributed by atoms with van der Waals surface area (Å²) in [5.74, 6) is 1.23. The van der Waals surface area contributed by atoms with E-state index in [0.29, 0.717) is 6.04 Å². The summed E-state index contributed by atoms with van der Waals surface area (Å²) >= 11 is 2.07. The van der Waals surface area contributed by atoms with Gasteiger partial charge < -0.3 is 10.4 Å². The predicted molar refractivity (Wildman–Crippen MR) is 59.2 cm³/mol. The minimum Gasteiger partial charge on any atom is -0.392 e. The Balaban J connectivity index is 2.10. The van der Waals surface area contributed by atoms with Crippen molar-refractivity contribution in [1.82, 2.24) is 5.32 Å². The molecule has 78 valence electrons. The smallest absolute Gasteiger partial charge is 0.0636 e. The highest BCUT2D eigenvalue weighted by atomic mass is 32.2. The third kappa shape index (κ3) is 4.34. The minimum absolute atomic E-state index is 0.210. The molecule has 3 atom stereocenters. The van der Waals surface area contributed by atoms with Crippen LogP contribution in [-0.2, 0) is 0 Å². The maximum atomic E-state index is 9.11. The first-order chi connectivity index (χ1) is 6.22. The van der Waals surface area contributed by atoms with Crippen LogP contribution < -0.4 is 5.32 Å². The molecule has 3 unspecified atom stereocenters. The third-order valence-electron chi connectivity index (χ3n) is 2.49. The van der Waals surface area contributed by atoms with Gasteiger partial charge in [-0.05, 0) is 31.9 Å². The SMILES string of the molecule is CCSC1CCC(NCC(C)O)C1. The van der Waals surface area contributed by atoms with Crippen molar-refractivity contribution in [2.24, 2.45) is 0 Å². The van der Waals surface area contributed by atoms with Crippen molar-refractivity contribution in [3.8, 4) is 0 Å². The van der Waals surface area contributed by atoms with Gasteiger partial charge in [0.05, 0.1) is 6.10 Å². The van der Waals surface area contributed by atoms with Crippen molar-refractivity contribution in [2.75, 3.05) is 12.3 Å². The van der Waals surface area contributed by atoms with Gasteiger partial charge in [-0.25, -0.2) is 0 Å². The van der Waals surface area contributed by atoms with E-state index in [0.717, 1.165) is 11.8 Å². The van der Waals surface area contributed by atoms with Crippen molar-refractivity contribution >= 4 is 11.8 Å². The summed E-state index contributed by atoms with van der Waals surface area (Å²) < 4.78 is 0. The average Bonchev–Trinajstić information content (AvgIpc) is 2.50.